The summed E-state index contributed by atoms with van der Waals surface area (Å²) in [6.07, 6.45) is 5.17. The van der Waals surface area contributed by atoms with Gasteiger partial charge in [-0.2, -0.15) is 0 Å². The summed E-state index contributed by atoms with van der Waals surface area (Å²) in [4.78, 5) is 29.0. The third-order valence-electron chi connectivity index (χ3n) is 7.45. The number of carbonyl (C=O) groups is 2. The second kappa shape index (κ2) is 14.4. The number of halogens is 3. The maximum atomic E-state index is 14.2. The van der Waals surface area contributed by atoms with Crippen molar-refractivity contribution in [1.82, 2.24) is 10.2 Å². The Bertz CT molecular complexity index is 1460. The SMILES string of the molecule is CC[C@H](C(=O)NC1CCCCC1)N(Cc1c(Cl)cccc1Cl)C(=O)CN(c1ccccc1)S(=O)(=O)c1ccc(F)cc1. The molecule has 224 valence electrons. The molecule has 0 saturated heterocycles. The van der Waals surface area contributed by atoms with E-state index >= 15 is 0 Å². The minimum Gasteiger partial charge on any atom is -0.352 e. The van der Waals surface area contributed by atoms with Gasteiger partial charge in [-0.05, 0) is 67.8 Å². The van der Waals surface area contributed by atoms with Gasteiger partial charge in [0.25, 0.3) is 10.0 Å². The number of sulfonamides is 1. The van der Waals surface area contributed by atoms with Crippen LogP contribution < -0.4 is 9.62 Å². The van der Waals surface area contributed by atoms with Gasteiger partial charge in [0.05, 0.1) is 10.6 Å². The lowest BCUT2D eigenvalue weighted by molar-refractivity contribution is -0.140. The van der Waals surface area contributed by atoms with Gasteiger partial charge in [0.2, 0.25) is 11.8 Å². The van der Waals surface area contributed by atoms with Crippen molar-refractivity contribution in [2.24, 2.45) is 0 Å². The highest BCUT2D eigenvalue weighted by Gasteiger charge is 2.35. The first kappa shape index (κ1) is 31.8. The highest BCUT2D eigenvalue weighted by Crippen LogP contribution is 2.29. The zero-order valence-corrected chi connectivity index (χ0v) is 25.6. The lowest BCUT2D eigenvalue weighted by Crippen LogP contribution is -2.54. The van der Waals surface area contributed by atoms with E-state index in [1.807, 2.05) is 0 Å². The quantitative estimate of drug-likeness (QED) is 0.258. The minimum atomic E-state index is -4.30. The monoisotopic (exact) mass is 633 g/mol. The molecule has 3 aromatic rings. The molecule has 1 atom stereocenters. The number of nitrogens with zero attached hydrogens (tertiary/aromatic N) is 2. The van der Waals surface area contributed by atoms with Gasteiger partial charge in [0, 0.05) is 28.2 Å². The molecule has 0 radical (unpaired) electrons. The Labute approximate surface area is 256 Å². The molecule has 1 aliphatic carbocycles. The van der Waals surface area contributed by atoms with E-state index in [0.29, 0.717) is 15.6 Å². The van der Waals surface area contributed by atoms with Crippen LogP contribution in [0.3, 0.4) is 0 Å². The summed E-state index contributed by atoms with van der Waals surface area (Å²) in [6.45, 7) is 1.08. The van der Waals surface area contributed by atoms with Gasteiger partial charge in [0.1, 0.15) is 18.4 Å². The number of anilines is 1. The van der Waals surface area contributed by atoms with Gasteiger partial charge < -0.3 is 10.2 Å². The normalized spacial score (nSPS) is 14.7. The fourth-order valence-corrected chi connectivity index (χ4v) is 7.11. The molecule has 3 aromatic carbocycles. The van der Waals surface area contributed by atoms with Crippen molar-refractivity contribution in [3.8, 4) is 0 Å². The Hall–Kier alpha value is -3.14. The van der Waals surface area contributed by atoms with E-state index in [-0.39, 0.29) is 35.5 Å². The predicted molar refractivity (Wildman–Crippen MR) is 163 cm³/mol. The maximum absolute atomic E-state index is 14.2. The maximum Gasteiger partial charge on any atom is 0.264 e. The summed E-state index contributed by atoms with van der Waals surface area (Å²) in [5.41, 5.74) is 0.691. The zero-order valence-electron chi connectivity index (χ0n) is 23.3. The summed E-state index contributed by atoms with van der Waals surface area (Å²) in [5.74, 6) is -1.52. The number of rotatable bonds is 11. The van der Waals surface area contributed by atoms with Crippen LogP contribution in [-0.4, -0.2) is 43.8 Å². The average Bonchev–Trinajstić information content (AvgIpc) is 2.98. The molecule has 0 aliphatic heterocycles. The van der Waals surface area contributed by atoms with Gasteiger partial charge in [-0.15, -0.1) is 0 Å². The summed E-state index contributed by atoms with van der Waals surface area (Å²) >= 11 is 12.9. The molecule has 11 heteroatoms. The topological polar surface area (TPSA) is 86.8 Å². The van der Waals surface area contributed by atoms with Crippen molar-refractivity contribution in [2.45, 2.75) is 69.0 Å². The van der Waals surface area contributed by atoms with E-state index in [2.05, 4.69) is 5.32 Å². The number of amides is 2. The lowest BCUT2D eigenvalue weighted by Gasteiger charge is -2.34. The van der Waals surface area contributed by atoms with Crippen molar-refractivity contribution in [1.29, 1.82) is 0 Å². The summed E-state index contributed by atoms with van der Waals surface area (Å²) in [7, 11) is -4.30. The number of benzene rings is 3. The van der Waals surface area contributed by atoms with Gasteiger partial charge in [-0.3, -0.25) is 13.9 Å². The number of hydrogen-bond donors (Lipinski definition) is 1. The fourth-order valence-electron chi connectivity index (χ4n) is 5.17. The fraction of sp³-hybridized carbons (Fsp3) is 0.355. The molecule has 0 spiro atoms. The zero-order chi connectivity index (χ0) is 30.3. The molecule has 4 rings (SSSR count). The highest BCUT2D eigenvalue weighted by atomic mass is 35.5. The molecule has 0 aromatic heterocycles. The summed E-state index contributed by atoms with van der Waals surface area (Å²) in [5, 5.41) is 3.74. The molecule has 0 heterocycles. The van der Waals surface area contributed by atoms with Crippen LogP contribution in [0.2, 0.25) is 10.0 Å². The van der Waals surface area contributed by atoms with E-state index in [9.17, 15) is 22.4 Å². The molecule has 0 bridgehead atoms. The van der Waals surface area contributed by atoms with E-state index < -0.39 is 34.3 Å². The average molecular weight is 635 g/mol. The van der Waals surface area contributed by atoms with Crippen LogP contribution in [0.15, 0.2) is 77.7 Å². The third-order valence-corrected chi connectivity index (χ3v) is 9.95. The van der Waals surface area contributed by atoms with Gasteiger partial charge in [-0.1, -0.05) is 73.7 Å². The highest BCUT2D eigenvalue weighted by molar-refractivity contribution is 7.92. The Kier molecular flexibility index (Phi) is 10.9. The van der Waals surface area contributed by atoms with E-state index in [1.165, 1.54) is 4.90 Å². The van der Waals surface area contributed by atoms with Crippen molar-refractivity contribution in [3.63, 3.8) is 0 Å². The Morgan fingerprint density at radius 2 is 1.55 bits per heavy atom. The molecule has 1 saturated carbocycles. The minimum absolute atomic E-state index is 0.0147. The Morgan fingerprint density at radius 1 is 0.929 bits per heavy atom. The largest absolute Gasteiger partial charge is 0.352 e. The predicted octanol–water partition coefficient (Wildman–Crippen LogP) is 6.58. The smallest absolute Gasteiger partial charge is 0.264 e. The molecule has 2 amide bonds. The molecule has 7 nitrogen and oxygen atoms in total. The number of para-hydroxylation sites is 1. The number of carbonyl (C=O) groups excluding carboxylic acids is 2. The first-order valence-electron chi connectivity index (χ1n) is 14.0. The standard InChI is InChI=1S/C31H34Cl2FN3O4S/c1-2-29(31(39)35-23-10-5-3-6-11-23)36(20-26-27(32)14-9-15-28(26)33)30(38)21-37(24-12-7-4-8-13-24)42(40,41)25-18-16-22(34)17-19-25/h4,7-9,12-19,23,29H,2-3,5-6,10-11,20-21H2,1H3,(H,35,39)/t29-/m1/s1. The second-order valence-electron chi connectivity index (χ2n) is 10.3. The van der Waals surface area contributed by atoms with Gasteiger partial charge >= 0.3 is 0 Å². The van der Waals surface area contributed by atoms with Gasteiger partial charge in [0.15, 0.2) is 0 Å². The molecule has 1 aliphatic rings. The first-order chi connectivity index (χ1) is 20.1. The van der Waals surface area contributed by atoms with Crippen molar-refractivity contribution >= 4 is 50.7 Å². The van der Waals surface area contributed by atoms with Crippen LogP contribution in [0, 0.1) is 5.82 Å². The Morgan fingerprint density at radius 3 is 2.14 bits per heavy atom. The van der Waals surface area contributed by atoms with Crippen LogP contribution in [0.4, 0.5) is 10.1 Å². The van der Waals surface area contributed by atoms with Gasteiger partial charge in [-0.25, -0.2) is 12.8 Å². The third kappa shape index (κ3) is 7.62. The molecular weight excluding hydrogens is 600 g/mol. The van der Waals surface area contributed by atoms with Crippen LogP contribution in [0.5, 0.6) is 0 Å². The number of hydrogen-bond acceptors (Lipinski definition) is 4. The molecule has 1 N–H and O–H groups in total. The second-order valence-corrected chi connectivity index (χ2v) is 13.0. The first-order valence-corrected chi connectivity index (χ1v) is 16.2. The van der Waals surface area contributed by atoms with Crippen LogP contribution in [0.25, 0.3) is 0 Å². The van der Waals surface area contributed by atoms with Crippen LogP contribution in [-0.2, 0) is 26.2 Å². The Balaban J connectivity index is 1.72. The lowest BCUT2D eigenvalue weighted by atomic mass is 9.95. The van der Waals surface area contributed by atoms with Crippen molar-refractivity contribution in [2.75, 3.05) is 10.8 Å². The molecule has 0 unspecified atom stereocenters. The summed E-state index contributed by atoms with van der Waals surface area (Å²) in [6, 6.07) is 16.6. The van der Waals surface area contributed by atoms with Crippen molar-refractivity contribution < 1.29 is 22.4 Å². The molecule has 1 fully saturated rings. The number of nitrogens with one attached hydrogen (secondary N) is 1. The van der Waals surface area contributed by atoms with Crippen LogP contribution >= 0.6 is 23.2 Å². The van der Waals surface area contributed by atoms with Crippen molar-refractivity contribution in [3.05, 3.63) is 94.2 Å². The molecular formula is C31H34Cl2FN3O4S. The molecule has 42 heavy (non-hydrogen) atoms. The van der Waals surface area contributed by atoms with E-state index in [0.717, 1.165) is 60.7 Å². The van der Waals surface area contributed by atoms with E-state index in [1.54, 1.807) is 55.5 Å². The van der Waals surface area contributed by atoms with Crippen LogP contribution in [0.1, 0.15) is 51.0 Å². The van der Waals surface area contributed by atoms with E-state index in [4.69, 9.17) is 23.2 Å². The summed E-state index contributed by atoms with van der Waals surface area (Å²) < 4.78 is 42.2.